The van der Waals surface area contributed by atoms with Gasteiger partial charge < -0.3 is 16.0 Å². The maximum atomic E-state index is 12.6. The van der Waals surface area contributed by atoms with Gasteiger partial charge in [0.2, 0.25) is 0 Å². The number of hydrogen-bond acceptors (Lipinski definition) is 6. The fourth-order valence-electron chi connectivity index (χ4n) is 2.55. The van der Waals surface area contributed by atoms with Crippen LogP contribution in [0, 0.1) is 6.92 Å². The van der Waals surface area contributed by atoms with Crippen LogP contribution in [0.3, 0.4) is 0 Å². The van der Waals surface area contributed by atoms with Crippen LogP contribution in [0.1, 0.15) is 12.2 Å². The van der Waals surface area contributed by atoms with Crippen LogP contribution >= 0.6 is 0 Å². The first-order valence-electron chi connectivity index (χ1n) is 7.86. The summed E-state index contributed by atoms with van der Waals surface area (Å²) in [5, 5.41) is 6.90. The number of pyridine rings is 1. The summed E-state index contributed by atoms with van der Waals surface area (Å²) in [7, 11) is 1.45. The number of aliphatic imine (C=N–C) groups is 1. The second kappa shape index (κ2) is 6.71. The number of aromatic nitrogens is 3. The number of nitrogens with zero attached hydrogens (tertiary/aromatic N) is 5. The highest BCUT2D eigenvalue weighted by molar-refractivity contribution is 6.53. The van der Waals surface area contributed by atoms with Gasteiger partial charge in [0.05, 0.1) is 5.57 Å². The molecule has 2 amide bonds. The van der Waals surface area contributed by atoms with E-state index in [1.54, 1.807) is 34.7 Å². The Hall–Kier alpha value is -3.23. The third kappa shape index (κ3) is 3.21. The van der Waals surface area contributed by atoms with E-state index in [2.05, 4.69) is 20.4 Å². The van der Waals surface area contributed by atoms with Crippen LogP contribution in [0.5, 0.6) is 0 Å². The van der Waals surface area contributed by atoms with Crippen LogP contribution in [0.2, 0.25) is 0 Å². The number of anilines is 1. The molecule has 0 radical (unpaired) electrons. The Morgan fingerprint density at radius 1 is 1.40 bits per heavy atom. The van der Waals surface area contributed by atoms with Gasteiger partial charge >= 0.3 is 0 Å². The summed E-state index contributed by atoms with van der Waals surface area (Å²) in [6.07, 6.45) is 3.78. The van der Waals surface area contributed by atoms with Crippen LogP contribution < -0.4 is 11.1 Å². The Kier molecular flexibility index (Phi) is 4.46. The minimum Gasteiger partial charge on any atom is -0.404 e. The number of carbonyl (C=O) groups is 2. The summed E-state index contributed by atoms with van der Waals surface area (Å²) in [5.74, 6) is -0.158. The predicted molar refractivity (Wildman–Crippen MR) is 93.2 cm³/mol. The summed E-state index contributed by atoms with van der Waals surface area (Å²) in [5.41, 5.74) is 6.81. The molecule has 0 saturated carbocycles. The van der Waals surface area contributed by atoms with E-state index in [1.807, 2.05) is 0 Å². The lowest BCUT2D eigenvalue weighted by Crippen LogP contribution is -2.45. The molecule has 0 bridgehead atoms. The van der Waals surface area contributed by atoms with Crippen molar-refractivity contribution in [3.8, 4) is 0 Å². The van der Waals surface area contributed by atoms with E-state index in [4.69, 9.17) is 5.73 Å². The van der Waals surface area contributed by atoms with Crippen molar-refractivity contribution in [2.45, 2.75) is 13.3 Å². The van der Waals surface area contributed by atoms with E-state index in [9.17, 15) is 9.59 Å². The average Bonchev–Trinajstić information content (AvgIpc) is 2.89. The molecule has 2 aromatic heterocycles. The quantitative estimate of drug-likeness (QED) is 0.605. The second-order valence-corrected chi connectivity index (χ2v) is 5.63. The minimum atomic E-state index is -0.506. The Morgan fingerprint density at radius 3 is 2.76 bits per heavy atom. The van der Waals surface area contributed by atoms with Crippen molar-refractivity contribution < 1.29 is 9.59 Å². The number of nitrogens with two attached hydrogens (primary N) is 1. The standard InChI is InChI=1S/C16H19N7O2/c1-10-19-13-8-11(4-7-23(13)21-10)20-15(24)14(18-2)12(9-17)16(25)22-5-3-6-22/h4,7-9H,3,5-6,17H2,1-2H3,(H,20,24). The van der Waals surface area contributed by atoms with E-state index in [-0.39, 0.29) is 17.2 Å². The number of carbonyl (C=O) groups excluding carboxylic acids is 2. The molecule has 0 atom stereocenters. The van der Waals surface area contributed by atoms with Gasteiger partial charge in [0.25, 0.3) is 11.8 Å². The number of hydrogen-bond donors (Lipinski definition) is 2. The molecule has 1 fully saturated rings. The topological polar surface area (TPSA) is 118 Å². The number of aryl methyl sites for hydroxylation is 1. The van der Waals surface area contributed by atoms with Crippen molar-refractivity contribution in [1.29, 1.82) is 0 Å². The van der Waals surface area contributed by atoms with E-state index in [1.165, 1.54) is 7.05 Å². The summed E-state index contributed by atoms with van der Waals surface area (Å²) in [6, 6.07) is 3.38. The van der Waals surface area contributed by atoms with Gasteiger partial charge in [-0.2, -0.15) is 5.10 Å². The van der Waals surface area contributed by atoms with Crippen LogP contribution in [0.15, 0.2) is 35.1 Å². The maximum absolute atomic E-state index is 12.6. The zero-order valence-electron chi connectivity index (χ0n) is 14.1. The Balaban J connectivity index is 1.80. The van der Waals surface area contributed by atoms with E-state index in [0.717, 1.165) is 12.6 Å². The first kappa shape index (κ1) is 16.6. The molecule has 1 aliphatic rings. The zero-order valence-corrected chi connectivity index (χ0v) is 14.1. The molecule has 2 aromatic rings. The van der Waals surface area contributed by atoms with Crippen LogP contribution in [-0.4, -0.2) is 57.2 Å². The molecule has 3 heterocycles. The molecule has 130 valence electrons. The molecule has 0 unspecified atom stereocenters. The van der Waals surface area contributed by atoms with Crippen molar-refractivity contribution in [2.24, 2.45) is 10.7 Å². The van der Waals surface area contributed by atoms with Crippen LogP contribution in [0.4, 0.5) is 5.69 Å². The number of amides is 2. The molecule has 0 aromatic carbocycles. The van der Waals surface area contributed by atoms with E-state index < -0.39 is 5.91 Å². The summed E-state index contributed by atoms with van der Waals surface area (Å²) >= 11 is 0. The van der Waals surface area contributed by atoms with Gasteiger partial charge in [-0.15, -0.1) is 0 Å². The van der Waals surface area contributed by atoms with Crippen molar-refractivity contribution in [2.75, 3.05) is 25.5 Å². The molecule has 0 spiro atoms. The number of nitrogens with one attached hydrogen (secondary N) is 1. The monoisotopic (exact) mass is 341 g/mol. The number of likely N-dealkylation sites (tertiary alicyclic amines) is 1. The van der Waals surface area contributed by atoms with Crippen LogP contribution in [0.25, 0.3) is 5.65 Å². The van der Waals surface area contributed by atoms with Crippen molar-refractivity contribution in [3.63, 3.8) is 0 Å². The van der Waals surface area contributed by atoms with Gasteiger partial charge in [0, 0.05) is 44.3 Å². The highest BCUT2D eigenvalue weighted by atomic mass is 16.2. The lowest BCUT2D eigenvalue weighted by atomic mass is 10.1. The van der Waals surface area contributed by atoms with E-state index >= 15 is 0 Å². The average molecular weight is 341 g/mol. The van der Waals surface area contributed by atoms with Crippen LogP contribution in [-0.2, 0) is 9.59 Å². The highest BCUT2D eigenvalue weighted by Gasteiger charge is 2.29. The highest BCUT2D eigenvalue weighted by Crippen LogP contribution is 2.15. The lowest BCUT2D eigenvalue weighted by Gasteiger charge is -2.31. The van der Waals surface area contributed by atoms with Gasteiger partial charge in [0.15, 0.2) is 5.65 Å². The molecule has 3 N–H and O–H groups in total. The first-order chi connectivity index (χ1) is 12.0. The van der Waals surface area contributed by atoms with Crippen molar-refractivity contribution in [1.82, 2.24) is 19.5 Å². The summed E-state index contributed by atoms with van der Waals surface area (Å²) < 4.78 is 1.61. The number of rotatable bonds is 4. The molecular formula is C16H19N7O2. The molecule has 9 nitrogen and oxygen atoms in total. The first-order valence-corrected chi connectivity index (χ1v) is 7.86. The van der Waals surface area contributed by atoms with Crippen molar-refractivity contribution in [3.05, 3.63) is 35.9 Å². The maximum Gasteiger partial charge on any atom is 0.274 e. The van der Waals surface area contributed by atoms with Gasteiger partial charge in [-0.05, 0) is 19.4 Å². The fraction of sp³-hybridized carbons (Fsp3) is 0.312. The predicted octanol–water partition coefficient (Wildman–Crippen LogP) is 0.122. The Bertz CT molecular complexity index is 893. The fourth-order valence-corrected chi connectivity index (χ4v) is 2.55. The smallest absolute Gasteiger partial charge is 0.274 e. The molecule has 9 heteroatoms. The number of fused-ring (bicyclic) bond motifs is 1. The SMILES string of the molecule is CN=C(C(=O)Nc1ccn2nc(C)nc2c1)C(=CN)C(=O)N1CCC1. The molecule has 25 heavy (non-hydrogen) atoms. The largest absolute Gasteiger partial charge is 0.404 e. The summed E-state index contributed by atoms with van der Waals surface area (Å²) in [6.45, 7) is 3.11. The molecule has 1 saturated heterocycles. The van der Waals surface area contributed by atoms with E-state index in [0.29, 0.717) is 30.2 Å². The Morgan fingerprint density at radius 2 is 2.16 bits per heavy atom. The molecule has 0 aliphatic carbocycles. The lowest BCUT2D eigenvalue weighted by molar-refractivity contribution is -0.130. The molecule has 3 rings (SSSR count). The van der Waals surface area contributed by atoms with Gasteiger partial charge in [0.1, 0.15) is 11.5 Å². The normalized spacial score (nSPS) is 15.2. The Labute approximate surface area is 144 Å². The van der Waals surface area contributed by atoms with Gasteiger partial charge in [-0.1, -0.05) is 0 Å². The van der Waals surface area contributed by atoms with Gasteiger partial charge in [-0.25, -0.2) is 9.50 Å². The molecule has 1 aliphatic heterocycles. The molecular weight excluding hydrogens is 322 g/mol. The van der Waals surface area contributed by atoms with Crippen molar-refractivity contribution >= 4 is 28.9 Å². The minimum absolute atomic E-state index is 0.00285. The van der Waals surface area contributed by atoms with Gasteiger partial charge in [-0.3, -0.25) is 14.6 Å². The second-order valence-electron chi connectivity index (χ2n) is 5.63. The zero-order chi connectivity index (χ0) is 18.0. The third-order valence-corrected chi connectivity index (χ3v) is 3.94. The summed E-state index contributed by atoms with van der Waals surface area (Å²) in [4.78, 5) is 34.8. The third-order valence-electron chi connectivity index (χ3n) is 3.94.